The maximum absolute atomic E-state index is 13.0. The number of carbonyl (C=O) groups excluding carboxylic acids is 1. The summed E-state index contributed by atoms with van der Waals surface area (Å²) in [5, 5.41) is 0. The van der Waals surface area contributed by atoms with Gasteiger partial charge in [0.2, 0.25) is 0 Å². The number of halogens is 1. The fourth-order valence-corrected chi connectivity index (χ4v) is 2.16. The van der Waals surface area contributed by atoms with Crippen LogP contribution in [-0.4, -0.2) is 10.4 Å². The van der Waals surface area contributed by atoms with Crippen molar-refractivity contribution in [3.05, 3.63) is 58.1 Å². The summed E-state index contributed by atoms with van der Waals surface area (Å²) in [7, 11) is 0. The van der Waals surface area contributed by atoms with E-state index in [1.807, 2.05) is 6.92 Å². The van der Waals surface area contributed by atoms with Crippen LogP contribution in [-0.2, 0) is 6.54 Å². The largest absolute Gasteiger partial charge is 0.308 e. The number of pyridine rings is 1. The monoisotopic (exact) mass is 273 g/mol. The van der Waals surface area contributed by atoms with Gasteiger partial charge in [0.15, 0.2) is 5.78 Å². The maximum Gasteiger partial charge on any atom is 0.261 e. The molecule has 4 heteroatoms. The number of carbonyl (C=O) groups is 1. The van der Waals surface area contributed by atoms with Gasteiger partial charge in [-0.05, 0) is 55.3 Å². The van der Waals surface area contributed by atoms with E-state index in [1.165, 1.54) is 25.1 Å². The van der Waals surface area contributed by atoms with E-state index in [1.54, 1.807) is 22.8 Å². The van der Waals surface area contributed by atoms with E-state index in [0.717, 1.165) is 12.0 Å². The molecule has 1 aromatic carbocycles. The molecule has 0 saturated heterocycles. The Morgan fingerprint density at radius 3 is 2.35 bits per heavy atom. The standard InChI is InChI=1S/C16H16FNO2/c1-3-10-18-15(12-4-6-13(17)7-5-12)9-8-14(11(2)19)16(18)20/h4-9H,3,10H2,1-2H3. The summed E-state index contributed by atoms with van der Waals surface area (Å²) in [5.74, 6) is -0.566. The molecule has 0 aliphatic carbocycles. The van der Waals surface area contributed by atoms with Gasteiger partial charge in [0, 0.05) is 6.54 Å². The molecular formula is C16H16FNO2. The van der Waals surface area contributed by atoms with Crippen LogP contribution in [0.15, 0.2) is 41.2 Å². The van der Waals surface area contributed by atoms with Gasteiger partial charge in [-0.15, -0.1) is 0 Å². The predicted octanol–water partition coefficient (Wildman–Crippen LogP) is 3.27. The van der Waals surface area contributed by atoms with Crippen LogP contribution in [0, 0.1) is 5.82 Å². The van der Waals surface area contributed by atoms with Gasteiger partial charge in [-0.3, -0.25) is 9.59 Å². The number of rotatable bonds is 4. The van der Waals surface area contributed by atoms with Gasteiger partial charge >= 0.3 is 0 Å². The smallest absolute Gasteiger partial charge is 0.261 e. The predicted molar refractivity (Wildman–Crippen MR) is 76.4 cm³/mol. The fraction of sp³-hybridized carbons (Fsp3) is 0.250. The molecule has 1 aromatic heterocycles. The zero-order chi connectivity index (χ0) is 14.7. The first-order valence-electron chi connectivity index (χ1n) is 6.55. The third-order valence-corrected chi connectivity index (χ3v) is 3.14. The minimum absolute atomic E-state index is 0.185. The van der Waals surface area contributed by atoms with E-state index in [2.05, 4.69) is 0 Å². The molecule has 0 aliphatic rings. The van der Waals surface area contributed by atoms with E-state index in [0.29, 0.717) is 12.2 Å². The third kappa shape index (κ3) is 2.69. The molecule has 0 spiro atoms. The van der Waals surface area contributed by atoms with Gasteiger partial charge in [-0.25, -0.2) is 4.39 Å². The summed E-state index contributed by atoms with van der Waals surface area (Å²) in [4.78, 5) is 23.8. The average Bonchev–Trinajstić information content (AvgIpc) is 2.42. The van der Waals surface area contributed by atoms with Crippen LogP contribution in [0.1, 0.15) is 30.6 Å². The first kappa shape index (κ1) is 14.2. The van der Waals surface area contributed by atoms with E-state index in [-0.39, 0.29) is 22.7 Å². The molecule has 0 fully saturated rings. The maximum atomic E-state index is 13.0. The zero-order valence-corrected chi connectivity index (χ0v) is 11.5. The van der Waals surface area contributed by atoms with Crippen molar-refractivity contribution in [2.24, 2.45) is 0 Å². The van der Waals surface area contributed by atoms with E-state index in [9.17, 15) is 14.0 Å². The Morgan fingerprint density at radius 2 is 1.80 bits per heavy atom. The first-order chi connectivity index (χ1) is 9.54. The molecule has 0 radical (unpaired) electrons. The van der Waals surface area contributed by atoms with Crippen LogP contribution >= 0.6 is 0 Å². The van der Waals surface area contributed by atoms with Gasteiger partial charge in [0.05, 0.1) is 11.3 Å². The van der Waals surface area contributed by atoms with E-state index < -0.39 is 0 Å². The molecule has 1 heterocycles. The number of aromatic nitrogens is 1. The third-order valence-electron chi connectivity index (χ3n) is 3.14. The van der Waals surface area contributed by atoms with Gasteiger partial charge in [-0.2, -0.15) is 0 Å². The molecule has 0 unspecified atom stereocenters. The average molecular weight is 273 g/mol. The lowest BCUT2D eigenvalue weighted by Gasteiger charge is -2.13. The Bertz CT molecular complexity index is 687. The van der Waals surface area contributed by atoms with Crippen molar-refractivity contribution in [2.75, 3.05) is 0 Å². The summed E-state index contributed by atoms with van der Waals surface area (Å²) < 4.78 is 14.6. The van der Waals surface area contributed by atoms with Crippen molar-refractivity contribution in [3.63, 3.8) is 0 Å². The van der Waals surface area contributed by atoms with Crippen LogP contribution in [0.4, 0.5) is 4.39 Å². The molecular weight excluding hydrogens is 257 g/mol. The van der Waals surface area contributed by atoms with Gasteiger partial charge in [0.25, 0.3) is 5.56 Å². The van der Waals surface area contributed by atoms with Crippen molar-refractivity contribution in [1.82, 2.24) is 4.57 Å². The van der Waals surface area contributed by atoms with Crippen molar-refractivity contribution in [2.45, 2.75) is 26.8 Å². The lowest BCUT2D eigenvalue weighted by Crippen LogP contribution is -2.26. The van der Waals surface area contributed by atoms with Crippen LogP contribution < -0.4 is 5.56 Å². The number of ketones is 1. The van der Waals surface area contributed by atoms with Gasteiger partial charge < -0.3 is 4.57 Å². The van der Waals surface area contributed by atoms with Crippen molar-refractivity contribution >= 4 is 5.78 Å². The van der Waals surface area contributed by atoms with Crippen LogP contribution in [0.3, 0.4) is 0 Å². The summed E-state index contributed by atoms with van der Waals surface area (Å²) in [6.07, 6.45) is 0.773. The topological polar surface area (TPSA) is 39.1 Å². The Kier molecular flexibility index (Phi) is 4.13. The molecule has 0 N–H and O–H groups in total. The summed E-state index contributed by atoms with van der Waals surface area (Å²) in [6.45, 7) is 3.86. The highest BCUT2D eigenvalue weighted by molar-refractivity contribution is 5.93. The molecule has 20 heavy (non-hydrogen) atoms. The lowest BCUT2D eigenvalue weighted by molar-refractivity contribution is 0.101. The van der Waals surface area contributed by atoms with Gasteiger partial charge in [-0.1, -0.05) is 6.92 Å². The molecule has 2 aromatic rings. The van der Waals surface area contributed by atoms with Crippen LogP contribution in [0.25, 0.3) is 11.3 Å². The molecule has 0 atom stereocenters. The second kappa shape index (κ2) is 5.82. The Labute approximate surface area is 116 Å². The quantitative estimate of drug-likeness (QED) is 0.802. The summed E-state index contributed by atoms with van der Waals surface area (Å²) in [5.41, 5.74) is 1.35. The van der Waals surface area contributed by atoms with E-state index in [4.69, 9.17) is 0 Å². The fourth-order valence-electron chi connectivity index (χ4n) is 2.16. The number of Topliss-reactive ketones (excluding diaryl/α,β-unsaturated/α-hetero) is 1. The summed E-state index contributed by atoms with van der Waals surface area (Å²) >= 11 is 0. The lowest BCUT2D eigenvalue weighted by atomic mass is 10.1. The molecule has 0 amide bonds. The second-order valence-electron chi connectivity index (χ2n) is 4.65. The minimum atomic E-state index is -0.321. The van der Waals surface area contributed by atoms with E-state index >= 15 is 0 Å². The number of hydrogen-bond acceptors (Lipinski definition) is 2. The number of hydrogen-bond donors (Lipinski definition) is 0. The highest BCUT2D eigenvalue weighted by atomic mass is 19.1. The highest BCUT2D eigenvalue weighted by Gasteiger charge is 2.12. The highest BCUT2D eigenvalue weighted by Crippen LogP contribution is 2.19. The molecule has 0 bridgehead atoms. The number of nitrogens with zero attached hydrogens (tertiary/aromatic N) is 1. The Morgan fingerprint density at radius 1 is 1.15 bits per heavy atom. The molecule has 2 rings (SSSR count). The van der Waals surface area contributed by atoms with Crippen LogP contribution in [0.5, 0.6) is 0 Å². The van der Waals surface area contributed by atoms with Crippen LogP contribution in [0.2, 0.25) is 0 Å². The summed E-state index contributed by atoms with van der Waals surface area (Å²) in [6, 6.07) is 9.24. The molecule has 0 aliphatic heterocycles. The first-order valence-corrected chi connectivity index (χ1v) is 6.55. The van der Waals surface area contributed by atoms with Crippen molar-refractivity contribution < 1.29 is 9.18 Å². The molecule has 104 valence electrons. The minimum Gasteiger partial charge on any atom is -0.308 e. The molecule has 3 nitrogen and oxygen atoms in total. The Balaban J connectivity index is 2.64. The zero-order valence-electron chi connectivity index (χ0n) is 11.5. The number of benzene rings is 1. The SMILES string of the molecule is CCCn1c(-c2ccc(F)cc2)ccc(C(C)=O)c1=O. The normalized spacial score (nSPS) is 10.6. The molecule has 0 saturated carbocycles. The van der Waals surface area contributed by atoms with Crippen molar-refractivity contribution in [3.8, 4) is 11.3 Å². The van der Waals surface area contributed by atoms with Crippen molar-refractivity contribution in [1.29, 1.82) is 0 Å². The Hall–Kier alpha value is -2.23. The van der Waals surface area contributed by atoms with Gasteiger partial charge in [0.1, 0.15) is 5.82 Å². The second-order valence-corrected chi connectivity index (χ2v) is 4.65.